The molecule has 0 aliphatic rings. The quantitative estimate of drug-likeness (QED) is 0.643. The zero-order valence-electron chi connectivity index (χ0n) is 7.65. The van der Waals surface area contributed by atoms with E-state index in [1.54, 1.807) is 0 Å². The molecule has 0 saturated carbocycles. The van der Waals surface area contributed by atoms with E-state index in [1.165, 1.54) is 0 Å². The molecule has 0 saturated heterocycles. The van der Waals surface area contributed by atoms with Crippen molar-refractivity contribution in [3.8, 4) is 0 Å². The Kier molecular flexibility index (Phi) is 3.95. The lowest BCUT2D eigenvalue weighted by Gasteiger charge is -2.24. The number of rotatable bonds is 4. The Morgan fingerprint density at radius 1 is 1.40 bits per heavy atom. The molecular weight excluding hydrogens is 124 g/mol. The van der Waals surface area contributed by atoms with Crippen LogP contribution in [0.1, 0.15) is 47.0 Å². The largest absolute Gasteiger partial charge is 0.390 e. The number of aliphatic hydroxyl groups is 1. The average Bonchev–Trinajstić information content (AvgIpc) is 1.59. The zero-order valence-corrected chi connectivity index (χ0v) is 7.65. The van der Waals surface area contributed by atoms with Gasteiger partial charge in [0.2, 0.25) is 0 Å². The second kappa shape index (κ2) is 3.97. The van der Waals surface area contributed by atoms with Gasteiger partial charge in [0.1, 0.15) is 0 Å². The van der Waals surface area contributed by atoms with E-state index >= 15 is 0 Å². The van der Waals surface area contributed by atoms with Crippen LogP contribution in [0.25, 0.3) is 0 Å². The maximum Gasteiger partial charge on any atom is 0.0622 e. The minimum Gasteiger partial charge on any atom is -0.390 e. The van der Waals surface area contributed by atoms with Crippen molar-refractivity contribution in [3.05, 3.63) is 0 Å². The van der Waals surface area contributed by atoms with Crippen molar-refractivity contribution in [3.63, 3.8) is 0 Å². The second-order valence-electron chi connectivity index (χ2n) is 3.84. The first-order valence-corrected chi connectivity index (χ1v) is 4.20. The van der Waals surface area contributed by atoms with Crippen molar-refractivity contribution in [1.29, 1.82) is 0 Å². The molecule has 0 heterocycles. The van der Waals surface area contributed by atoms with Crippen LogP contribution in [0, 0.1) is 5.92 Å². The third-order valence-electron chi connectivity index (χ3n) is 1.64. The van der Waals surface area contributed by atoms with Crippen LogP contribution in [-0.4, -0.2) is 10.7 Å². The molecule has 0 amide bonds. The molecule has 0 spiro atoms. The predicted octanol–water partition coefficient (Wildman–Crippen LogP) is 2.58. The van der Waals surface area contributed by atoms with Gasteiger partial charge in [0, 0.05) is 0 Å². The van der Waals surface area contributed by atoms with Crippen LogP contribution in [0.3, 0.4) is 0 Å². The van der Waals surface area contributed by atoms with Gasteiger partial charge < -0.3 is 5.11 Å². The Labute approximate surface area is 64.5 Å². The Morgan fingerprint density at radius 3 is 2.20 bits per heavy atom. The van der Waals surface area contributed by atoms with Gasteiger partial charge in [0.25, 0.3) is 0 Å². The van der Waals surface area contributed by atoms with Gasteiger partial charge in [-0.15, -0.1) is 0 Å². The van der Waals surface area contributed by atoms with Gasteiger partial charge >= 0.3 is 0 Å². The minimum absolute atomic E-state index is 0.428. The van der Waals surface area contributed by atoms with Gasteiger partial charge in [0.05, 0.1) is 5.60 Å². The third-order valence-corrected chi connectivity index (χ3v) is 1.64. The summed E-state index contributed by atoms with van der Waals surface area (Å²) in [4.78, 5) is 0. The molecule has 0 radical (unpaired) electrons. The molecule has 0 unspecified atom stereocenters. The Bertz CT molecular complexity index is 84.7. The molecule has 0 fully saturated rings. The summed E-state index contributed by atoms with van der Waals surface area (Å²) in [5, 5.41) is 9.68. The van der Waals surface area contributed by atoms with E-state index in [9.17, 15) is 5.11 Å². The fraction of sp³-hybridized carbons (Fsp3) is 1.00. The summed E-state index contributed by atoms with van der Waals surface area (Å²) < 4.78 is 0. The van der Waals surface area contributed by atoms with Gasteiger partial charge in [-0.3, -0.25) is 0 Å². The van der Waals surface area contributed by atoms with Crippen molar-refractivity contribution >= 4 is 0 Å². The van der Waals surface area contributed by atoms with Crippen molar-refractivity contribution < 1.29 is 5.11 Å². The summed E-state index contributed by atoms with van der Waals surface area (Å²) >= 11 is 0. The van der Waals surface area contributed by atoms with Crippen LogP contribution >= 0.6 is 0 Å². The van der Waals surface area contributed by atoms with E-state index in [-0.39, 0.29) is 0 Å². The molecule has 0 rings (SSSR count). The van der Waals surface area contributed by atoms with Crippen LogP contribution in [0.4, 0.5) is 0 Å². The molecule has 62 valence electrons. The maximum atomic E-state index is 9.68. The van der Waals surface area contributed by atoms with E-state index < -0.39 is 5.60 Å². The zero-order chi connectivity index (χ0) is 8.20. The lowest BCUT2D eigenvalue weighted by atomic mass is 9.90. The highest BCUT2D eigenvalue weighted by Gasteiger charge is 2.19. The molecule has 0 aliphatic carbocycles. The molecule has 1 nitrogen and oxygen atoms in total. The van der Waals surface area contributed by atoms with Crippen LogP contribution in [-0.2, 0) is 0 Å². The summed E-state index contributed by atoms with van der Waals surface area (Å²) in [6, 6.07) is 0. The highest BCUT2D eigenvalue weighted by molar-refractivity contribution is 4.72. The Hall–Kier alpha value is -0.0400. The van der Waals surface area contributed by atoms with Gasteiger partial charge in [-0.1, -0.05) is 27.2 Å². The molecule has 0 bridgehead atoms. The second-order valence-corrected chi connectivity index (χ2v) is 3.84. The first kappa shape index (κ1) is 9.96. The summed E-state index contributed by atoms with van der Waals surface area (Å²) in [5.41, 5.74) is -0.428. The maximum absolute atomic E-state index is 9.68. The van der Waals surface area contributed by atoms with Crippen molar-refractivity contribution in [2.45, 2.75) is 52.6 Å². The number of hydrogen-bond donors (Lipinski definition) is 1. The first-order chi connectivity index (χ1) is 4.48. The molecule has 1 atom stereocenters. The summed E-state index contributed by atoms with van der Waals surface area (Å²) in [6.45, 7) is 8.32. The highest BCUT2D eigenvalue weighted by Crippen LogP contribution is 2.20. The fourth-order valence-electron chi connectivity index (χ4n) is 1.52. The minimum atomic E-state index is -0.428. The smallest absolute Gasteiger partial charge is 0.0622 e. The molecule has 0 aromatic heterocycles. The standard InChI is InChI=1S/C9H20O/c1-5-6-9(4,10)7-8(2)3/h8,10H,5-7H2,1-4H3/t9-/m0/s1. The predicted molar refractivity (Wildman–Crippen MR) is 45.0 cm³/mol. The van der Waals surface area contributed by atoms with Gasteiger partial charge in [-0.05, 0) is 25.7 Å². The average molecular weight is 144 g/mol. The lowest BCUT2D eigenvalue weighted by Crippen LogP contribution is -2.25. The van der Waals surface area contributed by atoms with Gasteiger partial charge in [0.15, 0.2) is 0 Å². The van der Waals surface area contributed by atoms with E-state index in [1.807, 2.05) is 6.92 Å². The molecule has 10 heavy (non-hydrogen) atoms. The van der Waals surface area contributed by atoms with Gasteiger partial charge in [-0.25, -0.2) is 0 Å². The summed E-state index contributed by atoms with van der Waals surface area (Å²) in [7, 11) is 0. The van der Waals surface area contributed by atoms with E-state index in [2.05, 4.69) is 20.8 Å². The fourth-order valence-corrected chi connectivity index (χ4v) is 1.52. The molecule has 0 aromatic carbocycles. The SMILES string of the molecule is CCC[C@](C)(O)CC(C)C. The Morgan fingerprint density at radius 2 is 1.90 bits per heavy atom. The summed E-state index contributed by atoms with van der Waals surface area (Å²) in [6.07, 6.45) is 2.91. The Balaban J connectivity index is 3.63. The molecule has 1 N–H and O–H groups in total. The van der Waals surface area contributed by atoms with Gasteiger partial charge in [-0.2, -0.15) is 0 Å². The van der Waals surface area contributed by atoms with Crippen molar-refractivity contribution in [2.24, 2.45) is 5.92 Å². The number of hydrogen-bond acceptors (Lipinski definition) is 1. The monoisotopic (exact) mass is 144 g/mol. The van der Waals surface area contributed by atoms with Crippen LogP contribution in [0.5, 0.6) is 0 Å². The third kappa shape index (κ3) is 4.80. The normalized spacial score (nSPS) is 17.4. The van der Waals surface area contributed by atoms with Crippen molar-refractivity contribution in [2.75, 3.05) is 0 Å². The van der Waals surface area contributed by atoms with Crippen LogP contribution in [0.15, 0.2) is 0 Å². The van der Waals surface area contributed by atoms with Crippen LogP contribution < -0.4 is 0 Å². The van der Waals surface area contributed by atoms with E-state index in [4.69, 9.17) is 0 Å². The van der Waals surface area contributed by atoms with Crippen molar-refractivity contribution in [1.82, 2.24) is 0 Å². The molecule has 0 aliphatic heterocycles. The molecular formula is C9H20O. The summed E-state index contributed by atoms with van der Waals surface area (Å²) in [5.74, 6) is 0.599. The van der Waals surface area contributed by atoms with E-state index in [0.717, 1.165) is 19.3 Å². The van der Waals surface area contributed by atoms with Crippen LogP contribution in [0.2, 0.25) is 0 Å². The topological polar surface area (TPSA) is 20.2 Å². The first-order valence-electron chi connectivity index (χ1n) is 4.20. The highest BCUT2D eigenvalue weighted by atomic mass is 16.3. The molecule has 0 aromatic rings. The van der Waals surface area contributed by atoms with E-state index in [0.29, 0.717) is 5.92 Å². The lowest BCUT2D eigenvalue weighted by molar-refractivity contribution is 0.0293. The molecule has 1 heteroatoms.